The number of benzene rings is 2. The molecule has 0 saturated heterocycles. The number of anilines is 2. The molecule has 8 heteroatoms. The Labute approximate surface area is 176 Å². The van der Waals surface area contributed by atoms with E-state index < -0.39 is 0 Å². The van der Waals surface area contributed by atoms with Gasteiger partial charge in [-0.2, -0.15) is 0 Å². The fourth-order valence-corrected chi connectivity index (χ4v) is 3.86. The molecule has 4 rings (SSSR count). The van der Waals surface area contributed by atoms with Crippen molar-refractivity contribution >= 4 is 46.2 Å². The Morgan fingerprint density at radius 2 is 1.86 bits per heavy atom. The molecule has 2 aromatic heterocycles. The maximum absolute atomic E-state index is 12.1. The third-order valence-electron chi connectivity index (χ3n) is 4.34. The van der Waals surface area contributed by atoms with Crippen LogP contribution in [0.2, 0.25) is 5.02 Å². The number of nitrogens with zero attached hydrogens (tertiary/aromatic N) is 3. The van der Waals surface area contributed by atoms with Crippen molar-refractivity contribution < 1.29 is 0 Å². The van der Waals surface area contributed by atoms with Crippen LogP contribution in [0.1, 0.15) is 17.0 Å². The smallest absolute Gasteiger partial charge is 0.252 e. The molecule has 0 fully saturated rings. The summed E-state index contributed by atoms with van der Waals surface area (Å²) in [5.41, 5.74) is 3.22. The Hall–Kier alpha value is -2.90. The van der Waals surface area contributed by atoms with Crippen molar-refractivity contribution in [1.82, 2.24) is 19.9 Å². The molecule has 146 valence electrons. The lowest BCUT2D eigenvalue weighted by atomic mass is 10.1. The van der Waals surface area contributed by atoms with Crippen molar-refractivity contribution in [2.45, 2.75) is 24.5 Å². The second kappa shape index (κ2) is 8.23. The molecule has 0 radical (unpaired) electrons. The van der Waals surface area contributed by atoms with Gasteiger partial charge in [-0.1, -0.05) is 29.8 Å². The molecular formula is C21H18ClN5OS. The van der Waals surface area contributed by atoms with Gasteiger partial charge >= 0.3 is 0 Å². The summed E-state index contributed by atoms with van der Waals surface area (Å²) < 4.78 is 0. The minimum atomic E-state index is -0.233. The van der Waals surface area contributed by atoms with Crippen LogP contribution in [-0.4, -0.2) is 19.9 Å². The van der Waals surface area contributed by atoms with E-state index in [1.807, 2.05) is 56.3 Å². The Morgan fingerprint density at radius 1 is 1.07 bits per heavy atom. The van der Waals surface area contributed by atoms with E-state index in [0.717, 1.165) is 27.1 Å². The van der Waals surface area contributed by atoms with Crippen LogP contribution in [0.4, 0.5) is 11.9 Å². The monoisotopic (exact) mass is 423 g/mol. The molecule has 2 heterocycles. The Kier molecular flexibility index (Phi) is 5.51. The molecule has 0 amide bonds. The molecule has 0 unspecified atom stereocenters. The summed E-state index contributed by atoms with van der Waals surface area (Å²) in [6.07, 6.45) is 0. The first-order valence-electron chi connectivity index (χ1n) is 8.97. The highest BCUT2D eigenvalue weighted by Crippen LogP contribution is 2.24. The lowest BCUT2D eigenvalue weighted by Gasteiger charge is -2.09. The van der Waals surface area contributed by atoms with Crippen LogP contribution >= 0.6 is 23.4 Å². The number of rotatable bonds is 5. The van der Waals surface area contributed by atoms with Crippen LogP contribution in [0.5, 0.6) is 0 Å². The molecule has 0 aliphatic rings. The van der Waals surface area contributed by atoms with Crippen molar-refractivity contribution in [3.8, 4) is 0 Å². The number of hydrogen-bond acceptors (Lipinski definition) is 6. The zero-order valence-electron chi connectivity index (χ0n) is 15.9. The molecule has 2 aromatic carbocycles. The van der Waals surface area contributed by atoms with Crippen molar-refractivity contribution in [2.75, 3.05) is 5.32 Å². The van der Waals surface area contributed by atoms with Crippen LogP contribution < -0.4 is 10.9 Å². The molecule has 0 aliphatic carbocycles. The van der Waals surface area contributed by atoms with Crippen LogP contribution in [0.15, 0.2) is 58.2 Å². The number of H-pyrrole nitrogens is 1. The Morgan fingerprint density at radius 3 is 2.66 bits per heavy atom. The Bertz CT molecular complexity index is 1240. The van der Waals surface area contributed by atoms with Gasteiger partial charge in [0.25, 0.3) is 5.56 Å². The molecule has 0 aliphatic heterocycles. The summed E-state index contributed by atoms with van der Waals surface area (Å²) in [4.78, 5) is 29.4. The molecule has 2 N–H and O–H groups in total. The highest BCUT2D eigenvalue weighted by atomic mass is 35.5. The molecule has 0 atom stereocenters. The molecule has 29 heavy (non-hydrogen) atoms. The van der Waals surface area contributed by atoms with Crippen LogP contribution in [0.3, 0.4) is 0 Å². The van der Waals surface area contributed by atoms with E-state index in [2.05, 4.69) is 25.3 Å². The lowest BCUT2D eigenvalue weighted by molar-refractivity contribution is 1.04. The first-order valence-corrected chi connectivity index (χ1v) is 10.3. The maximum Gasteiger partial charge on any atom is 0.252 e. The van der Waals surface area contributed by atoms with Gasteiger partial charge in [0.15, 0.2) is 0 Å². The fraction of sp³-hybridized carbons (Fsp3) is 0.143. The average Bonchev–Trinajstić information content (AvgIpc) is 2.68. The molecular weight excluding hydrogens is 406 g/mol. The van der Waals surface area contributed by atoms with E-state index in [1.54, 1.807) is 11.8 Å². The third kappa shape index (κ3) is 4.58. The second-order valence-electron chi connectivity index (χ2n) is 6.56. The van der Waals surface area contributed by atoms with E-state index in [9.17, 15) is 4.79 Å². The first-order chi connectivity index (χ1) is 14.0. The number of fused-ring (bicyclic) bond motifs is 1. The average molecular weight is 424 g/mol. The summed E-state index contributed by atoms with van der Waals surface area (Å²) in [5.74, 6) is 1.27. The summed E-state index contributed by atoms with van der Waals surface area (Å²) in [7, 11) is 0. The van der Waals surface area contributed by atoms with Gasteiger partial charge in [0.2, 0.25) is 11.9 Å². The van der Waals surface area contributed by atoms with E-state index in [4.69, 9.17) is 11.6 Å². The number of para-hydroxylation sites is 1. The standard InChI is InChI=1S/C21H18ClN5OS/c1-12-4-3-5-17-13(2)23-20(26-19(12)17)27-21-24-15(10-18(28)25-21)11-29-16-8-6-14(22)7-9-16/h3-10H,11H2,1-2H3,(H2,23,24,25,26,27,28). The third-order valence-corrected chi connectivity index (χ3v) is 5.64. The van der Waals surface area contributed by atoms with Gasteiger partial charge in [0, 0.05) is 27.1 Å². The minimum absolute atomic E-state index is 0.233. The molecule has 6 nitrogen and oxygen atoms in total. The fourth-order valence-electron chi connectivity index (χ4n) is 2.94. The van der Waals surface area contributed by atoms with Gasteiger partial charge in [-0.25, -0.2) is 15.0 Å². The van der Waals surface area contributed by atoms with Crippen LogP contribution in [-0.2, 0) is 5.75 Å². The SMILES string of the molecule is Cc1nc(Nc2nc(CSc3ccc(Cl)cc3)cc(=O)[nH]2)nc2c(C)cccc12. The number of halogens is 1. The highest BCUT2D eigenvalue weighted by molar-refractivity contribution is 7.98. The van der Waals surface area contributed by atoms with Gasteiger partial charge in [-0.3, -0.25) is 15.1 Å². The van der Waals surface area contributed by atoms with Gasteiger partial charge in [-0.15, -0.1) is 11.8 Å². The van der Waals surface area contributed by atoms with Crippen LogP contribution in [0, 0.1) is 13.8 Å². The number of nitrogens with one attached hydrogen (secondary N) is 2. The van der Waals surface area contributed by atoms with E-state index in [0.29, 0.717) is 28.4 Å². The van der Waals surface area contributed by atoms with E-state index >= 15 is 0 Å². The van der Waals surface area contributed by atoms with E-state index in [-0.39, 0.29) is 5.56 Å². The molecule has 0 saturated carbocycles. The minimum Gasteiger partial charge on any atom is -0.294 e. The predicted molar refractivity (Wildman–Crippen MR) is 118 cm³/mol. The topological polar surface area (TPSA) is 83.6 Å². The predicted octanol–water partition coefficient (Wildman–Crippen LogP) is 5.02. The number of aromatic amines is 1. The number of thioether (sulfide) groups is 1. The normalized spacial score (nSPS) is 11.0. The summed E-state index contributed by atoms with van der Waals surface area (Å²) in [6, 6.07) is 15.0. The maximum atomic E-state index is 12.1. The lowest BCUT2D eigenvalue weighted by Crippen LogP contribution is -2.13. The molecule has 0 bridgehead atoms. The number of aromatic nitrogens is 4. The van der Waals surface area contributed by atoms with Gasteiger partial charge in [0.05, 0.1) is 16.9 Å². The summed E-state index contributed by atoms with van der Waals surface area (Å²) in [5, 5.41) is 4.73. The largest absolute Gasteiger partial charge is 0.294 e. The molecule has 4 aromatic rings. The second-order valence-corrected chi connectivity index (χ2v) is 8.04. The molecule has 0 spiro atoms. The van der Waals surface area contributed by atoms with Crippen molar-refractivity contribution in [3.05, 3.63) is 80.9 Å². The summed E-state index contributed by atoms with van der Waals surface area (Å²) in [6.45, 7) is 3.94. The first kappa shape index (κ1) is 19.4. The zero-order chi connectivity index (χ0) is 20.4. The van der Waals surface area contributed by atoms with E-state index in [1.165, 1.54) is 6.07 Å². The highest BCUT2D eigenvalue weighted by Gasteiger charge is 2.09. The van der Waals surface area contributed by atoms with Gasteiger partial charge in [0.1, 0.15) is 0 Å². The van der Waals surface area contributed by atoms with Gasteiger partial charge in [-0.05, 0) is 43.7 Å². The van der Waals surface area contributed by atoms with Crippen LogP contribution in [0.25, 0.3) is 10.9 Å². The van der Waals surface area contributed by atoms with Gasteiger partial charge < -0.3 is 0 Å². The number of hydrogen-bond donors (Lipinski definition) is 2. The zero-order valence-corrected chi connectivity index (χ0v) is 17.4. The van der Waals surface area contributed by atoms with Crippen molar-refractivity contribution in [3.63, 3.8) is 0 Å². The quantitative estimate of drug-likeness (QED) is 0.438. The van der Waals surface area contributed by atoms with Crippen molar-refractivity contribution in [1.29, 1.82) is 0 Å². The van der Waals surface area contributed by atoms with Crippen molar-refractivity contribution in [2.24, 2.45) is 0 Å². The Balaban J connectivity index is 1.58. The number of aryl methyl sites for hydroxylation is 2. The summed E-state index contributed by atoms with van der Waals surface area (Å²) >= 11 is 7.50.